The number of aliphatic hydroxyl groups is 2. The van der Waals surface area contributed by atoms with Gasteiger partial charge in [-0.15, -0.1) is 0 Å². The first-order valence-electron chi connectivity index (χ1n) is 23.1. The van der Waals surface area contributed by atoms with E-state index in [0.29, 0.717) is 19.4 Å². The van der Waals surface area contributed by atoms with Gasteiger partial charge in [-0.3, -0.25) is 9.59 Å². The van der Waals surface area contributed by atoms with Gasteiger partial charge in [0.2, 0.25) is 5.91 Å². The van der Waals surface area contributed by atoms with E-state index in [1.165, 1.54) is 154 Å². The molecule has 0 heterocycles. The van der Waals surface area contributed by atoms with Crippen LogP contribution in [-0.2, 0) is 14.3 Å². The standard InChI is InChI=1S/C47H89NO5/c1-3-5-7-9-11-13-15-17-19-21-25-29-33-37-41-47(52)53-42-38-34-30-26-22-24-28-32-36-40-46(51)48-44(43-49)45(50)39-35-31-27-23-20-18-16-14-12-10-8-6-4-2/h15,17,35,39,44-45,49-50H,3-14,16,18-34,36-38,40-43H2,1-2H3,(H,48,51)/b17-15-,39-35+. The molecule has 0 aromatic carbocycles. The average Bonchev–Trinajstić information content (AvgIpc) is 3.16. The lowest BCUT2D eigenvalue weighted by molar-refractivity contribution is -0.143. The van der Waals surface area contributed by atoms with E-state index in [-0.39, 0.29) is 18.5 Å². The molecule has 312 valence electrons. The molecule has 1 amide bonds. The van der Waals surface area contributed by atoms with Gasteiger partial charge in [0.15, 0.2) is 0 Å². The Kier molecular flexibility index (Phi) is 41.7. The molecule has 0 radical (unpaired) electrons. The van der Waals surface area contributed by atoms with Crippen LogP contribution < -0.4 is 5.32 Å². The van der Waals surface area contributed by atoms with Crippen molar-refractivity contribution in [2.24, 2.45) is 0 Å². The second-order valence-corrected chi connectivity index (χ2v) is 15.7. The summed E-state index contributed by atoms with van der Waals surface area (Å²) in [4.78, 5) is 24.4. The van der Waals surface area contributed by atoms with Crippen LogP contribution in [0.4, 0.5) is 0 Å². The number of ether oxygens (including phenoxy) is 1. The van der Waals surface area contributed by atoms with Gasteiger partial charge in [-0.2, -0.15) is 0 Å². The number of aliphatic hydroxyl groups excluding tert-OH is 2. The zero-order chi connectivity index (χ0) is 38.7. The lowest BCUT2D eigenvalue weighted by atomic mass is 10.0. The highest BCUT2D eigenvalue weighted by molar-refractivity contribution is 5.76. The largest absolute Gasteiger partial charge is 0.466 e. The third-order valence-electron chi connectivity index (χ3n) is 10.5. The summed E-state index contributed by atoms with van der Waals surface area (Å²) in [6.07, 6.45) is 48.7. The molecule has 0 bridgehead atoms. The summed E-state index contributed by atoms with van der Waals surface area (Å²) in [5.41, 5.74) is 0. The third-order valence-corrected chi connectivity index (χ3v) is 10.5. The molecule has 2 atom stereocenters. The number of unbranched alkanes of at least 4 members (excludes halogenated alkanes) is 29. The molecule has 6 nitrogen and oxygen atoms in total. The highest BCUT2D eigenvalue weighted by atomic mass is 16.5. The fraction of sp³-hybridized carbons (Fsp3) is 0.872. The molecular weight excluding hydrogens is 659 g/mol. The minimum absolute atomic E-state index is 0.0366. The van der Waals surface area contributed by atoms with Gasteiger partial charge in [0.1, 0.15) is 0 Å². The minimum atomic E-state index is -0.860. The summed E-state index contributed by atoms with van der Waals surface area (Å²) in [7, 11) is 0. The molecule has 0 aliphatic rings. The van der Waals surface area contributed by atoms with Gasteiger partial charge in [0.05, 0.1) is 25.4 Å². The van der Waals surface area contributed by atoms with Crippen molar-refractivity contribution in [2.45, 2.75) is 251 Å². The van der Waals surface area contributed by atoms with Crippen LogP contribution in [0.25, 0.3) is 0 Å². The molecular formula is C47H89NO5. The lowest BCUT2D eigenvalue weighted by Gasteiger charge is -2.20. The topological polar surface area (TPSA) is 95.9 Å². The number of hydrogen-bond acceptors (Lipinski definition) is 5. The van der Waals surface area contributed by atoms with Crippen LogP contribution in [0.2, 0.25) is 0 Å². The van der Waals surface area contributed by atoms with Crippen molar-refractivity contribution in [1.82, 2.24) is 5.32 Å². The lowest BCUT2D eigenvalue weighted by Crippen LogP contribution is -2.45. The first-order valence-corrected chi connectivity index (χ1v) is 23.1. The minimum Gasteiger partial charge on any atom is -0.466 e. The van der Waals surface area contributed by atoms with Crippen molar-refractivity contribution >= 4 is 11.9 Å². The van der Waals surface area contributed by atoms with E-state index in [2.05, 4.69) is 31.3 Å². The van der Waals surface area contributed by atoms with Crippen molar-refractivity contribution in [2.75, 3.05) is 13.2 Å². The number of esters is 1. The molecule has 0 aromatic heterocycles. The van der Waals surface area contributed by atoms with Crippen molar-refractivity contribution in [1.29, 1.82) is 0 Å². The number of rotatable bonds is 42. The molecule has 0 fully saturated rings. The first kappa shape index (κ1) is 51.3. The highest BCUT2D eigenvalue weighted by Gasteiger charge is 2.18. The van der Waals surface area contributed by atoms with E-state index < -0.39 is 12.1 Å². The summed E-state index contributed by atoms with van der Waals surface area (Å²) in [5.74, 6) is -0.134. The number of allylic oxidation sites excluding steroid dienone is 3. The summed E-state index contributed by atoms with van der Waals surface area (Å²) in [6.45, 7) is 4.81. The maximum Gasteiger partial charge on any atom is 0.305 e. The summed E-state index contributed by atoms with van der Waals surface area (Å²) in [5, 5.41) is 23.0. The van der Waals surface area contributed by atoms with Crippen molar-refractivity contribution < 1.29 is 24.5 Å². The molecule has 3 N–H and O–H groups in total. The zero-order valence-corrected chi connectivity index (χ0v) is 35.2. The first-order chi connectivity index (χ1) is 26.0. The van der Waals surface area contributed by atoms with E-state index >= 15 is 0 Å². The second kappa shape index (κ2) is 43.1. The molecule has 0 rings (SSSR count). The number of amides is 1. The Hall–Kier alpha value is -1.66. The van der Waals surface area contributed by atoms with Crippen molar-refractivity contribution in [3.63, 3.8) is 0 Å². The van der Waals surface area contributed by atoms with Gasteiger partial charge in [-0.1, -0.05) is 192 Å². The van der Waals surface area contributed by atoms with Gasteiger partial charge >= 0.3 is 5.97 Å². The maximum atomic E-state index is 12.4. The Morgan fingerprint density at radius 1 is 0.509 bits per heavy atom. The number of nitrogens with one attached hydrogen (secondary N) is 1. The molecule has 53 heavy (non-hydrogen) atoms. The maximum absolute atomic E-state index is 12.4. The second-order valence-electron chi connectivity index (χ2n) is 15.7. The fourth-order valence-electron chi connectivity index (χ4n) is 6.86. The van der Waals surface area contributed by atoms with Gasteiger partial charge in [-0.05, 0) is 57.8 Å². The van der Waals surface area contributed by atoms with Crippen molar-refractivity contribution in [3.8, 4) is 0 Å². The van der Waals surface area contributed by atoms with Crippen LogP contribution in [-0.4, -0.2) is 47.4 Å². The Labute approximate surface area is 329 Å². The Morgan fingerprint density at radius 3 is 1.34 bits per heavy atom. The molecule has 0 saturated carbocycles. The number of carbonyl (C=O) groups is 2. The van der Waals surface area contributed by atoms with Crippen LogP contribution in [0.1, 0.15) is 239 Å². The number of carbonyl (C=O) groups excluding carboxylic acids is 2. The highest BCUT2D eigenvalue weighted by Crippen LogP contribution is 2.14. The normalized spacial score (nSPS) is 12.9. The van der Waals surface area contributed by atoms with Gasteiger partial charge in [0, 0.05) is 12.8 Å². The van der Waals surface area contributed by atoms with Gasteiger partial charge < -0.3 is 20.3 Å². The molecule has 6 heteroatoms. The molecule has 0 spiro atoms. The van der Waals surface area contributed by atoms with E-state index in [1.54, 1.807) is 6.08 Å². The van der Waals surface area contributed by atoms with E-state index in [1.807, 2.05) is 6.08 Å². The SMILES string of the molecule is CCCCCCC/C=C\CCCCCCCC(=O)OCCCCCCCCCCCC(=O)NC(CO)C(O)/C=C/CCCCCCCCCCCCC. The Bertz CT molecular complexity index is 828. The predicted octanol–water partition coefficient (Wildman–Crippen LogP) is 13.2. The van der Waals surface area contributed by atoms with Crippen molar-refractivity contribution in [3.05, 3.63) is 24.3 Å². The Balaban J connectivity index is 3.54. The molecule has 2 unspecified atom stereocenters. The predicted molar refractivity (Wildman–Crippen MR) is 227 cm³/mol. The van der Waals surface area contributed by atoms with Crippen LogP contribution in [0, 0.1) is 0 Å². The molecule has 0 saturated heterocycles. The van der Waals surface area contributed by atoms with Gasteiger partial charge in [0.25, 0.3) is 0 Å². The smallest absolute Gasteiger partial charge is 0.305 e. The molecule has 0 aliphatic heterocycles. The van der Waals surface area contributed by atoms with Crippen LogP contribution >= 0.6 is 0 Å². The molecule has 0 aromatic rings. The summed E-state index contributed by atoms with van der Waals surface area (Å²) < 4.78 is 5.43. The van der Waals surface area contributed by atoms with E-state index in [0.717, 1.165) is 57.8 Å². The Morgan fingerprint density at radius 2 is 0.887 bits per heavy atom. The quantitative estimate of drug-likeness (QED) is 0.0328. The summed E-state index contributed by atoms with van der Waals surface area (Å²) in [6, 6.07) is -0.647. The van der Waals surface area contributed by atoms with E-state index in [9.17, 15) is 19.8 Å². The monoisotopic (exact) mass is 748 g/mol. The average molecular weight is 748 g/mol. The van der Waals surface area contributed by atoms with E-state index in [4.69, 9.17) is 4.74 Å². The van der Waals surface area contributed by atoms with Crippen LogP contribution in [0.3, 0.4) is 0 Å². The van der Waals surface area contributed by atoms with Gasteiger partial charge in [-0.25, -0.2) is 0 Å². The zero-order valence-electron chi connectivity index (χ0n) is 35.2. The summed E-state index contributed by atoms with van der Waals surface area (Å²) >= 11 is 0. The third kappa shape index (κ3) is 39.8. The van der Waals surface area contributed by atoms with Crippen LogP contribution in [0.5, 0.6) is 0 Å². The number of hydrogen-bond donors (Lipinski definition) is 3. The fourth-order valence-corrected chi connectivity index (χ4v) is 6.86. The molecule has 0 aliphatic carbocycles. The van der Waals surface area contributed by atoms with Crippen LogP contribution in [0.15, 0.2) is 24.3 Å².